The highest BCUT2D eigenvalue weighted by atomic mass is 19.3. The largest absolute Gasteiger partial charge is 0.348 e. The number of hydrogen-bond acceptors (Lipinski definition) is 4. The number of nitrogens with zero attached hydrogens (tertiary/aromatic N) is 2. The molecule has 0 bridgehead atoms. The third kappa shape index (κ3) is 7.08. The van der Waals surface area contributed by atoms with Crippen LogP contribution >= 0.6 is 0 Å². The zero-order valence-corrected chi connectivity index (χ0v) is 15.3. The maximum Gasteiger partial charge on any atom is 0.251 e. The summed E-state index contributed by atoms with van der Waals surface area (Å²) in [6, 6.07) is 6.46. The van der Waals surface area contributed by atoms with Gasteiger partial charge in [0.1, 0.15) is 5.82 Å². The molecule has 6 nitrogen and oxygen atoms in total. The van der Waals surface area contributed by atoms with Gasteiger partial charge >= 0.3 is 0 Å². The molecule has 8 heteroatoms. The van der Waals surface area contributed by atoms with Crippen LogP contribution in [0.3, 0.4) is 0 Å². The van der Waals surface area contributed by atoms with Gasteiger partial charge in [-0.25, -0.2) is 13.8 Å². The first kappa shape index (κ1) is 20.4. The lowest BCUT2D eigenvalue weighted by atomic mass is 10.1. The van der Waals surface area contributed by atoms with E-state index in [1.165, 1.54) is 12.3 Å². The second-order valence-corrected chi connectivity index (χ2v) is 6.24. The molecule has 144 valence electrons. The molecule has 0 aliphatic carbocycles. The summed E-state index contributed by atoms with van der Waals surface area (Å²) in [5.74, 6) is -2.91. The quantitative estimate of drug-likeness (QED) is 0.740. The molecule has 2 rings (SSSR count). The van der Waals surface area contributed by atoms with Gasteiger partial charge in [0.25, 0.3) is 5.91 Å². The van der Waals surface area contributed by atoms with E-state index in [0.717, 1.165) is 12.5 Å². The van der Waals surface area contributed by atoms with Crippen molar-refractivity contribution in [3.8, 4) is 0 Å². The first-order valence-corrected chi connectivity index (χ1v) is 8.62. The van der Waals surface area contributed by atoms with Crippen LogP contribution in [0.15, 0.2) is 36.7 Å². The molecular formula is C19H22F2N4O2. The fourth-order valence-corrected chi connectivity index (χ4v) is 2.21. The van der Waals surface area contributed by atoms with Crippen molar-refractivity contribution in [2.45, 2.75) is 45.6 Å². The van der Waals surface area contributed by atoms with E-state index in [1.54, 1.807) is 31.3 Å². The first-order chi connectivity index (χ1) is 12.8. The Morgan fingerprint density at radius 3 is 2.59 bits per heavy atom. The molecular weight excluding hydrogens is 354 g/mol. The number of carbonyl (C=O) groups is 2. The number of alkyl halides is 2. The lowest BCUT2D eigenvalue weighted by Gasteiger charge is -2.10. The SMILES string of the molecule is CCC(=O)Nc1cc(C(=O)NCc2ccc(CCC(C)(F)F)nc2)ccn1. The third-order valence-corrected chi connectivity index (χ3v) is 3.77. The minimum atomic E-state index is -2.71. The Hall–Kier alpha value is -2.90. The van der Waals surface area contributed by atoms with E-state index < -0.39 is 5.92 Å². The fourth-order valence-electron chi connectivity index (χ4n) is 2.21. The molecule has 0 unspecified atom stereocenters. The minimum Gasteiger partial charge on any atom is -0.348 e. The van der Waals surface area contributed by atoms with Crippen molar-refractivity contribution in [3.05, 3.63) is 53.5 Å². The summed E-state index contributed by atoms with van der Waals surface area (Å²) in [5.41, 5.74) is 1.70. The Morgan fingerprint density at radius 2 is 1.96 bits per heavy atom. The zero-order valence-electron chi connectivity index (χ0n) is 15.3. The van der Waals surface area contributed by atoms with Crippen LogP contribution in [0.25, 0.3) is 0 Å². The number of anilines is 1. The lowest BCUT2D eigenvalue weighted by Crippen LogP contribution is -2.23. The van der Waals surface area contributed by atoms with E-state index in [2.05, 4.69) is 20.6 Å². The molecule has 0 aliphatic rings. The first-order valence-electron chi connectivity index (χ1n) is 8.62. The van der Waals surface area contributed by atoms with E-state index in [-0.39, 0.29) is 31.2 Å². The summed E-state index contributed by atoms with van der Waals surface area (Å²) in [5, 5.41) is 5.34. The standard InChI is InChI=1S/C19H22F2N4O2/c1-3-17(26)25-16-10-14(7-9-22-16)18(27)24-12-13-4-5-15(23-11-13)6-8-19(2,20)21/h4-5,7,9-11H,3,6,8,12H2,1-2H3,(H,24,27)(H,22,25,26). The second kappa shape index (κ2) is 9.16. The molecule has 2 aromatic rings. The minimum absolute atomic E-state index is 0.188. The number of hydrogen-bond donors (Lipinski definition) is 2. The van der Waals surface area contributed by atoms with Crippen molar-refractivity contribution in [2.75, 3.05) is 5.32 Å². The number of amides is 2. The van der Waals surface area contributed by atoms with Gasteiger partial charge in [0, 0.05) is 43.0 Å². The van der Waals surface area contributed by atoms with E-state index in [1.807, 2.05) is 0 Å². The van der Waals surface area contributed by atoms with E-state index >= 15 is 0 Å². The van der Waals surface area contributed by atoms with Crippen LogP contribution in [0, 0.1) is 0 Å². The van der Waals surface area contributed by atoms with Crippen LogP contribution in [-0.2, 0) is 17.8 Å². The highest BCUT2D eigenvalue weighted by Crippen LogP contribution is 2.19. The van der Waals surface area contributed by atoms with E-state index in [4.69, 9.17) is 0 Å². The molecule has 0 fully saturated rings. The van der Waals surface area contributed by atoms with Crippen molar-refractivity contribution in [2.24, 2.45) is 0 Å². The predicted molar refractivity (Wildman–Crippen MR) is 97.5 cm³/mol. The van der Waals surface area contributed by atoms with Crippen molar-refractivity contribution < 1.29 is 18.4 Å². The number of rotatable bonds is 8. The molecule has 0 aromatic carbocycles. The summed E-state index contributed by atoms with van der Waals surface area (Å²) < 4.78 is 25.7. The van der Waals surface area contributed by atoms with Crippen LogP contribution in [0.2, 0.25) is 0 Å². The van der Waals surface area contributed by atoms with Gasteiger partial charge in [-0.3, -0.25) is 14.6 Å². The summed E-state index contributed by atoms with van der Waals surface area (Å²) >= 11 is 0. The average molecular weight is 376 g/mol. The maximum atomic E-state index is 12.9. The number of nitrogens with one attached hydrogen (secondary N) is 2. The smallest absolute Gasteiger partial charge is 0.251 e. The van der Waals surface area contributed by atoms with E-state index in [0.29, 0.717) is 23.5 Å². The lowest BCUT2D eigenvalue weighted by molar-refractivity contribution is -0.115. The molecule has 0 saturated heterocycles. The maximum absolute atomic E-state index is 12.9. The number of aryl methyl sites for hydroxylation is 1. The molecule has 0 saturated carbocycles. The molecule has 0 aliphatic heterocycles. The summed E-state index contributed by atoms with van der Waals surface area (Å²) in [7, 11) is 0. The van der Waals surface area contributed by atoms with Crippen LogP contribution in [0.1, 0.15) is 48.3 Å². The summed E-state index contributed by atoms with van der Waals surface area (Å²) in [6.45, 7) is 2.85. The van der Waals surface area contributed by atoms with Crippen molar-refractivity contribution in [1.29, 1.82) is 0 Å². The Kier molecular flexibility index (Phi) is 6.92. The van der Waals surface area contributed by atoms with Gasteiger partial charge in [0.2, 0.25) is 11.8 Å². The van der Waals surface area contributed by atoms with Crippen LogP contribution < -0.4 is 10.6 Å². The Bertz CT molecular complexity index is 789. The van der Waals surface area contributed by atoms with Gasteiger partial charge in [-0.15, -0.1) is 0 Å². The Labute approximate surface area is 156 Å². The molecule has 0 spiro atoms. The average Bonchev–Trinajstić information content (AvgIpc) is 2.64. The van der Waals surface area contributed by atoms with Crippen molar-refractivity contribution in [1.82, 2.24) is 15.3 Å². The van der Waals surface area contributed by atoms with Crippen LogP contribution in [0.5, 0.6) is 0 Å². The van der Waals surface area contributed by atoms with Gasteiger partial charge < -0.3 is 10.6 Å². The molecule has 2 N–H and O–H groups in total. The number of pyridine rings is 2. The molecule has 2 amide bonds. The molecule has 0 atom stereocenters. The summed E-state index contributed by atoms with van der Waals surface area (Å²) in [6.07, 6.45) is 3.26. The van der Waals surface area contributed by atoms with Crippen LogP contribution in [-0.4, -0.2) is 27.7 Å². The predicted octanol–water partition coefficient (Wildman–Crippen LogP) is 3.34. The summed E-state index contributed by atoms with van der Waals surface area (Å²) in [4.78, 5) is 31.8. The highest BCUT2D eigenvalue weighted by Gasteiger charge is 2.20. The molecule has 2 aromatic heterocycles. The number of aromatic nitrogens is 2. The van der Waals surface area contributed by atoms with Gasteiger partial charge in [0.15, 0.2) is 0 Å². The highest BCUT2D eigenvalue weighted by molar-refractivity contribution is 5.96. The normalized spacial score (nSPS) is 11.1. The number of carbonyl (C=O) groups excluding carboxylic acids is 2. The molecule has 27 heavy (non-hydrogen) atoms. The van der Waals surface area contributed by atoms with Crippen molar-refractivity contribution >= 4 is 17.6 Å². The Balaban J connectivity index is 1.90. The van der Waals surface area contributed by atoms with Gasteiger partial charge in [0.05, 0.1) is 0 Å². The monoisotopic (exact) mass is 376 g/mol. The topological polar surface area (TPSA) is 84.0 Å². The fraction of sp³-hybridized carbons (Fsp3) is 0.368. The molecule has 2 heterocycles. The third-order valence-electron chi connectivity index (χ3n) is 3.77. The molecule has 0 radical (unpaired) electrons. The second-order valence-electron chi connectivity index (χ2n) is 6.24. The number of halogens is 2. The van der Waals surface area contributed by atoms with Gasteiger partial charge in [-0.05, 0) is 37.1 Å². The van der Waals surface area contributed by atoms with E-state index in [9.17, 15) is 18.4 Å². The zero-order chi connectivity index (χ0) is 19.9. The van der Waals surface area contributed by atoms with Crippen molar-refractivity contribution in [3.63, 3.8) is 0 Å². The van der Waals surface area contributed by atoms with Gasteiger partial charge in [-0.1, -0.05) is 13.0 Å². The van der Waals surface area contributed by atoms with Gasteiger partial charge in [-0.2, -0.15) is 0 Å². The van der Waals surface area contributed by atoms with Crippen LogP contribution in [0.4, 0.5) is 14.6 Å². The Morgan fingerprint density at radius 1 is 1.19 bits per heavy atom.